The van der Waals surface area contributed by atoms with Crippen LogP contribution in [0.2, 0.25) is 0 Å². The summed E-state index contributed by atoms with van der Waals surface area (Å²) in [4.78, 5) is 0.278. The Hall–Kier alpha value is -1.16. The minimum atomic E-state index is -3.54. The molecule has 0 atom stereocenters. The first-order chi connectivity index (χ1) is 9.69. The molecule has 6 heteroatoms. The predicted octanol–water partition coefficient (Wildman–Crippen LogP) is 3.37. The first kappa shape index (κ1) is 15.2. The maximum absolute atomic E-state index is 12.5. The van der Waals surface area contributed by atoms with Crippen molar-refractivity contribution in [2.24, 2.45) is 0 Å². The van der Waals surface area contributed by atoms with Crippen LogP contribution in [-0.4, -0.2) is 12.4 Å². The Morgan fingerprint density at radius 2 is 1.55 bits per heavy atom. The quantitative estimate of drug-likeness (QED) is 0.521. The predicted molar refractivity (Wildman–Crippen MR) is 75.7 cm³/mol. The van der Waals surface area contributed by atoms with Gasteiger partial charge < -0.3 is 3.97 Å². The van der Waals surface area contributed by atoms with Crippen LogP contribution < -0.4 is 0 Å². The third-order valence-corrected chi connectivity index (χ3v) is 4.47. The Labute approximate surface area is 132 Å². The summed E-state index contributed by atoms with van der Waals surface area (Å²) in [5.41, 5.74) is 0.640. The summed E-state index contributed by atoms with van der Waals surface area (Å²) in [6.45, 7) is 0. The van der Waals surface area contributed by atoms with Crippen molar-refractivity contribution in [3.63, 3.8) is 0 Å². The molecule has 0 fully saturated rings. The maximum atomic E-state index is 12.5. The third-order valence-electron chi connectivity index (χ3n) is 2.78. The van der Waals surface area contributed by atoms with Gasteiger partial charge in [0, 0.05) is 0 Å². The fraction of sp³-hybridized carbons (Fsp3) is 0. The molecule has 0 saturated carbocycles. The second kappa shape index (κ2) is 6.53. The molecular formula is C14H10ClNO2SZn. The molecular weight excluding hydrogens is 347 g/mol. The number of nitrogens with zero attached hydrogens (tertiary/aromatic N) is 1. The topological polar surface area (TPSA) is 39.1 Å². The summed E-state index contributed by atoms with van der Waals surface area (Å²) in [5.74, 6) is 0. The fourth-order valence-electron chi connectivity index (χ4n) is 1.89. The second-order valence-electron chi connectivity index (χ2n) is 3.90. The van der Waals surface area contributed by atoms with E-state index in [9.17, 15) is 8.42 Å². The molecule has 0 N–H and O–H groups in total. The van der Waals surface area contributed by atoms with Crippen molar-refractivity contribution >= 4 is 30.6 Å². The number of halogens is 1. The van der Waals surface area contributed by atoms with E-state index in [4.69, 9.17) is 9.69 Å². The van der Waals surface area contributed by atoms with E-state index in [2.05, 4.69) is 6.07 Å². The van der Waals surface area contributed by atoms with E-state index < -0.39 is 10.0 Å². The second-order valence-corrected chi connectivity index (χ2v) is 5.72. The molecule has 20 heavy (non-hydrogen) atoms. The minimum absolute atomic E-state index is 0.278. The van der Waals surface area contributed by atoms with E-state index in [0.29, 0.717) is 5.52 Å². The standard InChI is InChI=1S/C14H10NO2S.ClH.Zn/c16-18(17,13-7-2-1-3-8-13)15-11-10-12-6-4-5-9-14(12)15;;/h1-9,11H;1H;/q-1;;+2/p-1. The summed E-state index contributed by atoms with van der Waals surface area (Å²) < 4.78 is 26.2. The van der Waals surface area contributed by atoms with Gasteiger partial charge in [-0.1, -0.05) is 36.5 Å². The number of aromatic nitrogens is 1. The molecule has 0 amide bonds. The van der Waals surface area contributed by atoms with E-state index in [1.165, 1.54) is 10.2 Å². The summed E-state index contributed by atoms with van der Waals surface area (Å²) in [5, 5.41) is 0.789. The molecule has 1 aromatic heterocycles. The number of hydrogen-bond donors (Lipinski definition) is 0. The van der Waals surface area contributed by atoms with Gasteiger partial charge in [0.05, 0.1) is 4.90 Å². The molecule has 0 spiro atoms. The van der Waals surface area contributed by atoms with Crippen LogP contribution in [0.5, 0.6) is 0 Å². The number of rotatable bonds is 2. The average molecular weight is 357 g/mol. The monoisotopic (exact) mass is 355 g/mol. The number of benzene rings is 2. The Morgan fingerprint density at radius 3 is 2.25 bits per heavy atom. The molecule has 0 aliphatic heterocycles. The summed E-state index contributed by atoms with van der Waals surface area (Å²) >= 11 is 0.847. The zero-order valence-corrected chi connectivity index (χ0v) is 15.1. The van der Waals surface area contributed by atoms with Crippen LogP contribution in [-0.2, 0) is 27.3 Å². The molecule has 2 aromatic carbocycles. The first-order valence-corrected chi connectivity index (χ1v) is 11.1. The Balaban J connectivity index is 0.000000704. The van der Waals surface area contributed by atoms with E-state index in [1.54, 1.807) is 36.4 Å². The summed E-state index contributed by atoms with van der Waals surface area (Å²) in [7, 11) is 1.23. The van der Waals surface area contributed by atoms with Gasteiger partial charge in [-0.05, 0) is 17.6 Å². The molecule has 0 saturated heterocycles. The molecule has 3 aromatic rings. The van der Waals surface area contributed by atoms with Gasteiger partial charge in [0.15, 0.2) is 0 Å². The SMILES string of the molecule is O=S(=O)(c1ccccc1)n1c[c-]c2ccccc21.[Cl][Zn+]. The van der Waals surface area contributed by atoms with E-state index in [1.807, 2.05) is 18.2 Å². The van der Waals surface area contributed by atoms with Gasteiger partial charge in [0.1, 0.15) is 0 Å². The molecule has 0 unspecified atom stereocenters. The van der Waals surface area contributed by atoms with Crippen molar-refractivity contribution in [1.82, 2.24) is 3.97 Å². The van der Waals surface area contributed by atoms with Gasteiger partial charge in [-0.3, -0.25) is 0 Å². The van der Waals surface area contributed by atoms with Gasteiger partial charge in [-0.2, -0.15) is 17.5 Å². The van der Waals surface area contributed by atoms with Crippen molar-refractivity contribution in [3.8, 4) is 0 Å². The van der Waals surface area contributed by atoms with Crippen molar-refractivity contribution in [2.45, 2.75) is 4.90 Å². The Morgan fingerprint density at radius 1 is 0.950 bits per heavy atom. The molecule has 98 valence electrons. The number of para-hydroxylation sites is 1. The number of fused-ring (bicyclic) bond motifs is 1. The van der Waals surface area contributed by atoms with Crippen LogP contribution in [0.25, 0.3) is 10.9 Å². The number of hydrogen-bond acceptors (Lipinski definition) is 2. The third kappa shape index (κ3) is 2.80. The molecule has 0 aliphatic rings. The van der Waals surface area contributed by atoms with Gasteiger partial charge in [-0.15, -0.1) is 6.07 Å². The van der Waals surface area contributed by atoms with Crippen molar-refractivity contribution in [2.75, 3.05) is 0 Å². The zero-order chi connectivity index (χ0) is 14.6. The van der Waals surface area contributed by atoms with Crippen LogP contribution >= 0.6 is 9.69 Å². The molecule has 0 radical (unpaired) electrons. The van der Waals surface area contributed by atoms with Crippen LogP contribution in [0.15, 0.2) is 65.7 Å². The fourth-order valence-corrected chi connectivity index (χ4v) is 3.23. The van der Waals surface area contributed by atoms with Crippen LogP contribution in [0.3, 0.4) is 0 Å². The van der Waals surface area contributed by atoms with Crippen molar-refractivity contribution in [3.05, 3.63) is 66.9 Å². The first-order valence-electron chi connectivity index (χ1n) is 5.75. The Bertz CT molecular complexity index is 800. The van der Waals surface area contributed by atoms with Crippen molar-refractivity contribution < 1.29 is 25.7 Å². The molecule has 3 nitrogen and oxygen atoms in total. The summed E-state index contributed by atoms with van der Waals surface area (Å²) in [6, 6.07) is 18.6. The molecule has 3 rings (SSSR count). The average Bonchev–Trinajstić information content (AvgIpc) is 2.95. The van der Waals surface area contributed by atoms with Crippen LogP contribution in [0.1, 0.15) is 0 Å². The van der Waals surface area contributed by atoms with Gasteiger partial charge >= 0.3 is 27.0 Å². The molecule has 1 heterocycles. The Kier molecular flexibility index (Phi) is 4.97. The molecule has 0 aliphatic carbocycles. The van der Waals surface area contributed by atoms with E-state index in [0.717, 1.165) is 22.7 Å². The molecule has 0 bridgehead atoms. The van der Waals surface area contributed by atoms with Gasteiger partial charge in [0.25, 0.3) is 10.0 Å². The van der Waals surface area contributed by atoms with E-state index in [-0.39, 0.29) is 4.90 Å². The van der Waals surface area contributed by atoms with E-state index >= 15 is 0 Å². The zero-order valence-electron chi connectivity index (χ0n) is 10.5. The van der Waals surface area contributed by atoms with Crippen LogP contribution in [0, 0.1) is 6.07 Å². The van der Waals surface area contributed by atoms with Gasteiger partial charge in [-0.25, -0.2) is 8.42 Å². The normalized spacial score (nSPS) is 10.9. The van der Waals surface area contributed by atoms with Crippen LogP contribution in [0.4, 0.5) is 0 Å². The van der Waals surface area contributed by atoms with Gasteiger partial charge in [0.2, 0.25) is 0 Å². The summed E-state index contributed by atoms with van der Waals surface area (Å²) in [6.07, 6.45) is 1.47. The van der Waals surface area contributed by atoms with Crippen molar-refractivity contribution in [1.29, 1.82) is 0 Å².